The summed E-state index contributed by atoms with van der Waals surface area (Å²) in [5.74, 6) is 0.166. The number of hydrogen-bond acceptors (Lipinski definition) is 5. The van der Waals surface area contributed by atoms with Crippen LogP contribution in [0.1, 0.15) is 23.1 Å². The molecule has 0 bridgehead atoms. The maximum absolute atomic E-state index is 14.1. The summed E-state index contributed by atoms with van der Waals surface area (Å²) in [6.45, 7) is 0. The van der Waals surface area contributed by atoms with Crippen molar-refractivity contribution in [3.8, 4) is 5.69 Å². The van der Waals surface area contributed by atoms with Crippen molar-refractivity contribution in [3.05, 3.63) is 81.7 Å². The Labute approximate surface area is 164 Å². The standard InChI is InChI=1S/C21H16FN3O2S/c22-17-6-1-2-7-18(17)25-12-23-24-21(25)28-11-15-10-20(26)27-19-9-14-5-3-4-13(14)8-16(15)19/h1-2,6-10,12H,3-5,11H2. The lowest BCUT2D eigenvalue weighted by Crippen LogP contribution is -2.02. The number of rotatable bonds is 4. The minimum absolute atomic E-state index is 0.342. The van der Waals surface area contributed by atoms with Crippen LogP contribution >= 0.6 is 11.8 Å². The minimum atomic E-state index is -0.364. The molecule has 0 aliphatic heterocycles. The van der Waals surface area contributed by atoms with E-state index in [0.717, 1.165) is 30.2 Å². The molecule has 0 saturated heterocycles. The van der Waals surface area contributed by atoms with Crippen LogP contribution in [0.2, 0.25) is 0 Å². The number of aromatic nitrogens is 3. The predicted molar refractivity (Wildman–Crippen MR) is 105 cm³/mol. The van der Waals surface area contributed by atoms with Crippen LogP contribution < -0.4 is 5.63 Å². The van der Waals surface area contributed by atoms with Gasteiger partial charge < -0.3 is 4.42 Å². The number of hydrogen-bond donors (Lipinski definition) is 0. The van der Waals surface area contributed by atoms with Crippen molar-refractivity contribution in [2.75, 3.05) is 0 Å². The van der Waals surface area contributed by atoms with E-state index in [-0.39, 0.29) is 11.4 Å². The summed E-state index contributed by atoms with van der Waals surface area (Å²) in [5.41, 5.74) is 4.12. The Hall–Kier alpha value is -2.93. The quantitative estimate of drug-likeness (QED) is 0.382. The Kier molecular flexibility index (Phi) is 4.24. The average molecular weight is 393 g/mol. The Bertz CT molecular complexity index is 1250. The van der Waals surface area contributed by atoms with Gasteiger partial charge >= 0.3 is 5.63 Å². The van der Waals surface area contributed by atoms with Crippen LogP contribution in [0.4, 0.5) is 4.39 Å². The van der Waals surface area contributed by atoms with E-state index in [1.807, 2.05) is 6.07 Å². The third kappa shape index (κ3) is 3.01. The fourth-order valence-corrected chi connectivity index (χ4v) is 4.60. The lowest BCUT2D eigenvalue weighted by Gasteiger charge is -2.09. The fourth-order valence-electron chi connectivity index (χ4n) is 3.69. The van der Waals surface area contributed by atoms with Gasteiger partial charge in [-0.05, 0) is 60.2 Å². The molecule has 0 spiro atoms. The van der Waals surface area contributed by atoms with Crippen molar-refractivity contribution in [1.82, 2.24) is 14.8 Å². The Morgan fingerprint density at radius 1 is 1.14 bits per heavy atom. The third-order valence-corrected chi connectivity index (χ3v) is 6.02. The molecule has 2 heterocycles. The lowest BCUT2D eigenvalue weighted by molar-refractivity contribution is 0.559. The average Bonchev–Trinajstić information content (AvgIpc) is 3.33. The van der Waals surface area contributed by atoms with Gasteiger partial charge in [-0.2, -0.15) is 0 Å². The predicted octanol–water partition coefficient (Wildman–Crippen LogP) is 4.29. The van der Waals surface area contributed by atoms with Crippen LogP contribution in [0.5, 0.6) is 0 Å². The van der Waals surface area contributed by atoms with Crippen molar-refractivity contribution in [2.24, 2.45) is 0 Å². The molecule has 0 N–H and O–H groups in total. The number of fused-ring (bicyclic) bond motifs is 2. The van der Waals surface area contributed by atoms with Crippen LogP contribution in [0.25, 0.3) is 16.7 Å². The first-order valence-corrected chi connectivity index (χ1v) is 10.0. The fraction of sp³-hybridized carbons (Fsp3) is 0.190. The Balaban J connectivity index is 1.50. The zero-order valence-electron chi connectivity index (χ0n) is 14.9. The van der Waals surface area contributed by atoms with Gasteiger partial charge in [-0.3, -0.25) is 4.57 Å². The molecule has 5 rings (SSSR count). The molecule has 5 nitrogen and oxygen atoms in total. The summed E-state index contributed by atoms with van der Waals surface area (Å²) in [5, 5.41) is 9.55. The van der Waals surface area contributed by atoms with Crippen LogP contribution in [0.3, 0.4) is 0 Å². The van der Waals surface area contributed by atoms with E-state index < -0.39 is 0 Å². The molecule has 4 aromatic rings. The number of halogens is 1. The molecule has 0 radical (unpaired) electrons. The van der Waals surface area contributed by atoms with Crippen molar-refractivity contribution < 1.29 is 8.81 Å². The van der Waals surface area contributed by atoms with E-state index in [9.17, 15) is 9.18 Å². The number of benzene rings is 2. The summed E-state index contributed by atoms with van der Waals surface area (Å²) in [4.78, 5) is 12.0. The van der Waals surface area contributed by atoms with Gasteiger partial charge in [-0.25, -0.2) is 9.18 Å². The van der Waals surface area contributed by atoms with E-state index in [1.165, 1.54) is 41.3 Å². The highest BCUT2D eigenvalue weighted by Crippen LogP contribution is 2.31. The zero-order valence-corrected chi connectivity index (χ0v) is 15.7. The van der Waals surface area contributed by atoms with Gasteiger partial charge in [-0.1, -0.05) is 23.9 Å². The summed E-state index contributed by atoms with van der Waals surface area (Å²) >= 11 is 1.41. The Morgan fingerprint density at radius 2 is 1.96 bits per heavy atom. The summed E-state index contributed by atoms with van der Waals surface area (Å²) in [6.07, 6.45) is 4.70. The van der Waals surface area contributed by atoms with Gasteiger partial charge in [0.1, 0.15) is 17.7 Å². The third-order valence-electron chi connectivity index (χ3n) is 5.03. The molecule has 1 aliphatic rings. The molecule has 0 atom stereocenters. The van der Waals surface area contributed by atoms with E-state index in [0.29, 0.717) is 22.2 Å². The molecule has 0 unspecified atom stereocenters. The molecule has 140 valence electrons. The van der Waals surface area contributed by atoms with Gasteiger partial charge in [-0.15, -0.1) is 10.2 Å². The topological polar surface area (TPSA) is 60.9 Å². The maximum Gasteiger partial charge on any atom is 0.336 e. The summed E-state index contributed by atoms with van der Waals surface area (Å²) < 4.78 is 21.2. The molecule has 2 aromatic carbocycles. The first-order valence-electron chi connectivity index (χ1n) is 9.05. The van der Waals surface area contributed by atoms with Gasteiger partial charge in [0.05, 0.1) is 5.69 Å². The molecule has 28 heavy (non-hydrogen) atoms. The van der Waals surface area contributed by atoms with Gasteiger partial charge in [0, 0.05) is 17.2 Å². The zero-order chi connectivity index (χ0) is 19.1. The molecule has 0 fully saturated rings. The van der Waals surface area contributed by atoms with Crippen molar-refractivity contribution in [1.29, 1.82) is 0 Å². The van der Waals surface area contributed by atoms with Crippen LogP contribution in [0.15, 0.2) is 63.2 Å². The van der Waals surface area contributed by atoms with Crippen LogP contribution in [0, 0.1) is 5.82 Å². The number of thioether (sulfide) groups is 1. The van der Waals surface area contributed by atoms with Crippen LogP contribution in [-0.4, -0.2) is 14.8 Å². The van der Waals surface area contributed by atoms with Gasteiger partial charge in [0.2, 0.25) is 0 Å². The lowest BCUT2D eigenvalue weighted by atomic mass is 10.0. The van der Waals surface area contributed by atoms with Gasteiger partial charge in [0.25, 0.3) is 0 Å². The maximum atomic E-state index is 14.1. The Morgan fingerprint density at radius 3 is 2.82 bits per heavy atom. The summed E-state index contributed by atoms with van der Waals surface area (Å²) in [6, 6.07) is 12.2. The summed E-state index contributed by atoms with van der Waals surface area (Å²) in [7, 11) is 0. The first-order chi connectivity index (χ1) is 13.7. The van der Waals surface area contributed by atoms with E-state index in [4.69, 9.17) is 4.42 Å². The van der Waals surface area contributed by atoms with Crippen molar-refractivity contribution in [2.45, 2.75) is 30.2 Å². The SMILES string of the molecule is O=c1cc(CSc2nncn2-c2ccccc2F)c2cc3c(cc2o1)CCC3. The molecule has 7 heteroatoms. The number of aryl methyl sites for hydroxylation is 2. The van der Waals surface area contributed by atoms with Crippen LogP contribution in [-0.2, 0) is 18.6 Å². The highest BCUT2D eigenvalue weighted by Gasteiger charge is 2.16. The normalized spacial score (nSPS) is 13.2. The molecule has 0 amide bonds. The second-order valence-electron chi connectivity index (χ2n) is 6.78. The van der Waals surface area contributed by atoms with Crippen molar-refractivity contribution >= 4 is 22.7 Å². The first kappa shape index (κ1) is 17.2. The molecular weight excluding hydrogens is 377 g/mol. The second-order valence-corrected chi connectivity index (χ2v) is 7.73. The second kappa shape index (κ2) is 6.91. The molecule has 2 aromatic heterocycles. The highest BCUT2D eigenvalue weighted by atomic mass is 32.2. The van der Waals surface area contributed by atoms with Crippen molar-refractivity contribution in [3.63, 3.8) is 0 Å². The smallest absolute Gasteiger partial charge is 0.336 e. The molecular formula is C21H16FN3O2S. The van der Waals surface area contributed by atoms with Gasteiger partial charge in [0.15, 0.2) is 5.16 Å². The highest BCUT2D eigenvalue weighted by molar-refractivity contribution is 7.98. The number of para-hydroxylation sites is 1. The van der Waals surface area contributed by atoms with E-state index in [2.05, 4.69) is 16.3 Å². The van der Waals surface area contributed by atoms with E-state index >= 15 is 0 Å². The monoisotopic (exact) mass is 393 g/mol. The molecule has 0 saturated carbocycles. The minimum Gasteiger partial charge on any atom is -0.423 e. The molecule has 1 aliphatic carbocycles. The number of nitrogens with zero attached hydrogens (tertiary/aromatic N) is 3. The van der Waals surface area contributed by atoms with E-state index in [1.54, 1.807) is 22.8 Å². The largest absolute Gasteiger partial charge is 0.423 e.